The number of methoxy groups -OCH3 is 1. The molecular weight excluding hydrogens is 438 g/mol. The van der Waals surface area contributed by atoms with Crippen LogP contribution >= 0.6 is 34.9 Å². The number of nitrogens with zero attached hydrogens (tertiary/aromatic N) is 2. The van der Waals surface area contributed by atoms with Gasteiger partial charge >= 0.3 is 0 Å². The number of anilines is 1. The maximum absolute atomic E-state index is 12.7. The summed E-state index contributed by atoms with van der Waals surface area (Å²) in [7, 11) is -2.18. The second-order valence-electron chi connectivity index (χ2n) is 5.87. The Kier molecular flexibility index (Phi) is 6.49. The first-order chi connectivity index (χ1) is 13.3. The lowest BCUT2D eigenvalue weighted by atomic mass is 10.2. The van der Waals surface area contributed by atoms with Crippen LogP contribution in [0.25, 0.3) is 0 Å². The van der Waals surface area contributed by atoms with Crippen LogP contribution in [0, 0.1) is 6.92 Å². The minimum atomic E-state index is -3.80. The Morgan fingerprint density at radius 2 is 2.00 bits per heavy atom. The maximum Gasteiger partial charge on any atom is 0.264 e. The van der Waals surface area contributed by atoms with Gasteiger partial charge in [0.25, 0.3) is 10.0 Å². The van der Waals surface area contributed by atoms with Gasteiger partial charge in [-0.3, -0.25) is 4.72 Å². The molecule has 0 saturated heterocycles. The fourth-order valence-corrected chi connectivity index (χ4v) is 5.83. The van der Waals surface area contributed by atoms with E-state index in [0.29, 0.717) is 16.4 Å². The molecule has 28 heavy (non-hydrogen) atoms. The molecule has 10 heteroatoms. The van der Waals surface area contributed by atoms with Gasteiger partial charge in [0.1, 0.15) is 5.75 Å². The molecule has 1 atom stereocenters. The highest BCUT2D eigenvalue weighted by Gasteiger charge is 2.21. The van der Waals surface area contributed by atoms with Crippen molar-refractivity contribution in [2.24, 2.45) is 0 Å². The number of rotatable bonds is 7. The second-order valence-corrected chi connectivity index (χ2v) is 10.1. The van der Waals surface area contributed by atoms with Crippen molar-refractivity contribution in [3.8, 4) is 5.75 Å². The lowest BCUT2D eigenvalue weighted by molar-refractivity contribution is 0.413. The van der Waals surface area contributed by atoms with Gasteiger partial charge in [-0.05, 0) is 49.7 Å². The SMILES string of the molecule is COc1cccc(S[C@H](C)c2nsc(NS(=O)(=O)c3cccc(Cl)c3C)n2)c1. The summed E-state index contributed by atoms with van der Waals surface area (Å²) < 4.78 is 37.4. The molecule has 0 fully saturated rings. The van der Waals surface area contributed by atoms with E-state index in [4.69, 9.17) is 16.3 Å². The molecule has 0 bridgehead atoms. The number of benzene rings is 2. The van der Waals surface area contributed by atoms with E-state index in [-0.39, 0.29) is 15.3 Å². The number of thioether (sulfide) groups is 1. The van der Waals surface area contributed by atoms with E-state index in [9.17, 15) is 8.42 Å². The number of aromatic nitrogens is 2. The molecule has 148 valence electrons. The number of hydrogen-bond acceptors (Lipinski definition) is 7. The molecule has 1 N–H and O–H groups in total. The van der Waals surface area contributed by atoms with Gasteiger partial charge in [-0.25, -0.2) is 13.4 Å². The standard InChI is InChI=1S/C18H18ClN3O3S3/c1-11-15(19)8-5-9-16(11)28(23,24)22-18-20-17(21-27-18)12(2)26-14-7-4-6-13(10-14)25-3/h4-10,12H,1-3H3,(H,20,21,22)/t12-/m1/s1. The molecule has 3 aromatic rings. The first-order valence-electron chi connectivity index (χ1n) is 8.22. The Bertz CT molecular complexity index is 1090. The average molecular weight is 456 g/mol. The van der Waals surface area contributed by atoms with E-state index < -0.39 is 10.0 Å². The molecule has 0 saturated carbocycles. The Labute approximate surface area is 177 Å². The monoisotopic (exact) mass is 455 g/mol. The third kappa shape index (κ3) is 4.78. The third-order valence-electron chi connectivity index (χ3n) is 3.89. The molecule has 1 heterocycles. The Morgan fingerprint density at radius 3 is 2.75 bits per heavy atom. The lowest BCUT2D eigenvalue weighted by Gasteiger charge is -2.09. The first kappa shape index (κ1) is 20.9. The van der Waals surface area contributed by atoms with Gasteiger partial charge in [0.05, 0.1) is 17.3 Å². The van der Waals surface area contributed by atoms with Crippen molar-refractivity contribution in [2.45, 2.75) is 28.9 Å². The van der Waals surface area contributed by atoms with Gasteiger partial charge in [0.2, 0.25) is 5.13 Å². The summed E-state index contributed by atoms with van der Waals surface area (Å²) in [5, 5.41) is 0.547. The molecule has 0 aliphatic heterocycles. The van der Waals surface area contributed by atoms with Crippen molar-refractivity contribution in [3.63, 3.8) is 0 Å². The topological polar surface area (TPSA) is 81.2 Å². The molecular formula is C18H18ClN3O3S3. The van der Waals surface area contributed by atoms with Crippen molar-refractivity contribution >= 4 is 50.1 Å². The molecule has 0 aliphatic carbocycles. The van der Waals surface area contributed by atoms with Crippen LogP contribution in [0.4, 0.5) is 5.13 Å². The van der Waals surface area contributed by atoms with Crippen molar-refractivity contribution in [2.75, 3.05) is 11.8 Å². The van der Waals surface area contributed by atoms with Crippen molar-refractivity contribution in [1.29, 1.82) is 0 Å². The molecule has 0 unspecified atom stereocenters. The highest BCUT2D eigenvalue weighted by atomic mass is 35.5. The van der Waals surface area contributed by atoms with Gasteiger partial charge < -0.3 is 4.74 Å². The average Bonchev–Trinajstić information content (AvgIpc) is 3.12. The molecule has 0 spiro atoms. The summed E-state index contributed by atoms with van der Waals surface area (Å²) in [4.78, 5) is 5.48. The van der Waals surface area contributed by atoms with Crippen LogP contribution in [-0.4, -0.2) is 24.9 Å². The maximum atomic E-state index is 12.7. The molecule has 6 nitrogen and oxygen atoms in total. The van der Waals surface area contributed by atoms with Crippen LogP contribution in [0.5, 0.6) is 5.75 Å². The van der Waals surface area contributed by atoms with Gasteiger partial charge in [-0.15, -0.1) is 11.8 Å². The normalized spacial score (nSPS) is 12.6. The molecule has 0 radical (unpaired) electrons. The summed E-state index contributed by atoms with van der Waals surface area (Å²) in [6, 6.07) is 12.4. The van der Waals surface area contributed by atoms with Crippen LogP contribution in [0.3, 0.4) is 0 Å². The van der Waals surface area contributed by atoms with Gasteiger partial charge in [0, 0.05) is 21.5 Å². The Balaban J connectivity index is 1.75. The molecule has 2 aromatic carbocycles. The highest BCUT2D eigenvalue weighted by Crippen LogP contribution is 2.36. The van der Waals surface area contributed by atoms with Crippen molar-refractivity contribution in [3.05, 3.63) is 58.9 Å². The second kappa shape index (κ2) is 8.69. The van der Waals surface area contributed by atoms with E-state index in [0.717, 1.165) is 22.2 Å². The number of halogens is 1. The zero-order valence-corrected chi connectivity index (χ0v) is 18.5. The van der Waals surface area contributed by atoms with Gasteiger partial charge in [0.15, 0.2) is 5.82 Å². The van der Waals surface area contributed by atoms with Crippen LogP contribution in [0.2, 0.25) is 5.02 Å². The highest BCUT2D eigenvalue weighted by molar-refractivity contribution is 7.99. The summed E-state index contributed by atoms with van der Waals surface area (Å²) in [6.45, 7) is 3.63. The summed E-state index contributed by atoms with van der Waals surface area (Å²) in [6.07, 6.45) is 0. The summed E-state index contributed by atoms with van der Waals surface area (Å²) >= 11 is 8.61. The minimum absolute atomic E-state index is 0.0606. The Hall–Kier alpha value is -1.81. The molecule has 1 aromatic heterocycles. The molecule has 3 rings (SSSR count). The van der Waals surface area contributed by atoms with Crippen molar-refractivity contribution in [1.82, 2.24) is 9.36 Å². The van der Waals surface area contributed by atoms with E-state index in [1.807, 2.05) is 31.2 Å². The van der Waals surface area contributed by atoms with Crippen molar-refractivity contribution < 1.29 is 13.2 Å². The Morgan fingerprint density at radius 1 is 1.25 bits per heavy atom. The molecule has 0 aliphatic rings. The number of ether oxygens (including phenoxy) is 1. The largest absolute Gasteiger partial charge is 0.497 e. The fraction of sp³-hybridized carbons (Fsp3) is 0.222. The van der Waals surface area contributed by atoms with Gasteiger partial charge in [-0.1, -0.05) is 23.7 Å². The zero-order chi connectivity index (χ0) is 20.3. The van der Waals surface area contributed by atoms with E-state index in [2.05, 4.69) is 14.1 Å². The smallest absolute Gasteiger partial charge is 0.264 e. The van der Waals surface area contributed by atoms with E-state index in [1.165, 1.54) is 6.07 Å². The van der Waals surface area contributed by atoms with Crippen LogP contribution in [0.15, 0.2) is 52.3 Å². The number of hydrogen-bond donors (Lipinski definition) is 1. The third-order valence-corrected chi connectivity index (χ3v) is 7.65. The summed E-state index contributed by atoms with van der Waals surface area (Å²) in [5.41, 5.74) is 0.489. The number of nitrogens with one attached hydrogen (secondary N) is 1. The minimum Gasteiger partial charge on any atom is -0.497 e. The quantitative estimate of drug-likeness (QED) is 0.495. The first-order valence-corrected chi connectivity index (χ1v) is 11.7. The van der Waals surface area contributed by atoms with E-state index >= 15 is 0 Å². The van der Waals surface area contributed by atoms with Gasteiger partial charge in [-0.2, -0.15) is 4.37 Å². The fourth-order valence-electron chi connectivity index (χ4n) is 2.42. The van der Waals surface area contributed by atoms with Crippen LogP contribution in [0.1, 0.15) is 23.6 Å². The predicted octanol–water partition coefficient (Wildman–Crippen LogP) is 5.16. The predicted molar refractivity (Wildman–Crippen MR) is 114 cm³/mol. The lowest BCUT2D eigenvalue weighted by Crippen LogP contribution is -2.14. The van der Waals surface area contributed by atoms with Crippen LogP contribution < -0.4 is 9.46 Å². The van der Waals surface area contributed by atoms with E-state index in [1.54, 1.807) is 37.9 Å². The zero-order valence-electron chi connectivity index (χ0n) is 15.3. The number of sulfonamides is 1. The summed E-state index contributed by atoms with van der Waals surface area (Å²) in [5.74, 6) is 1.33. The molecule has 0 amide bonds. The van der Waals surface area contributed by atoms with Crippen LogP contribution in [-0.2, 0) is 10.0 Å².